The van der Waals surface area contributed by atoms with Crippen molar-refractivity contribution < 1.29 is 9.59 Å². The van der Waals surface area contributed by atoms with Gasteiger partial charge in [-0.1, -0.05) is 61.8 Å². The third kappa shape index (κ3) is 4.14. The van der Waals surface area contributed by atoms with Crippen LogP contribution >= 0.6 is 11.6 Å². The number of hydrogen-bond acceptors (Lipinski definition) is 3. The van der Waals surface area contributed by atoms with Gasteiger partial charge in [-0.3, -0.25) is 14.5 Å². The zero-order valence-corrected chi connectivity index (χ0v) is 19.4. The maximum absolute atomic E-state index is 13.6. The Labute approximate surface area is 189 Å². The summed E-state index contributed by atoms with van der Waals surface area (Å²) in [5.74, 6) is 0.476. The van der Waals surface area contributed by atoms with Gasteiger partial charge in [0.1, 0.15) is 5.70 Å². The van der Waals surface area contributed by atoms with E-state index >= 15 is 0 Å². The van der Waals surface area contributed by atoms with Gasteiger partial charge < -0.3 is 4.90 Å². The van der Waals surface area contributed by atoms with Crippen LogP contribution in [0.2, 0.25) is 5.02 Å². The highest BCUT2D eigenvalue weighted by atomic mass is 35.5. The molecule has 2 aromatic rings. The summed E-state index contributed by atoms with van der Waals surface area (Å²) in [7, 11) is 0. The Kier molecular flexibility index (Phi) is 5.94. The molecule has 4 nitrogen and oxygen atoms in total. The van der Waals surface area contributed by atoms with Gasteiger partial charge in [0, 0.05) is 18.1 Å². The van der Waals surface area contributed by atoms with Gasteiger partial charge in [-0.2, -0.15) is 0 Å². The zero-order chi connectivity index (χ0) is 22.3. The average Bonchev–Trinajstić information content (AvgIpc) is 2.95. The Morgan fingerprint density at radius 3 is 2.26 bits per heavy atom. The van der Waals surface area contributed by atoms with Crippen LogP contribution in [-0.4, -0.2) is 34.7 Å². The Bertz CT molecular complexity index is 1060. The number of nitrogens with zero attached hydrogens (tertiary/aromatic N) is 2. The fraction of sp³-hybridized carbons (Fsp3) is 0.385. The van der Waals surface area contributed by atoms with Crippen LogP contribution in [0.5, 0.6) is 0 Å². The summed E-state index contributed by atoms with van der Waals surface area (Å²) in [6.07, 6.45) is 1.13. The van der Waals surface area contributed by atoms with Gasteiger partial charge in [-0.15, -0.1) is 0 Å². The second-order valence-corrected chi connectivity index (χ2v) is 9.57. The van der Waals surface area contributed by atoms with Crippen molar-refractivity contribution in [3.8, 4) is 0 Å². The van der Waals surface area contributed by atoms with Crippen molar-refractivity contribution in [2.45, 2.75) is 40.7 Å². The third-order valence-electron chi connectivity index (χ3n) is 6.41. The van der Waals surface area contributed by atoms with E-state index < -0.39 is 0 Å². The highest BCUT2D eigenvalue weighted by molar-refractivity contribution is 6.35. The number of likely N-dealkylation sites (tertiary alicyclic amines) is 1. The molecule has 2 atom stereocenters. The molecule has 0 spiro atoms. The van der Waals surface area contributed by atoms with Crippen molar-refractivity contribution in [1.29, 1.82) is 0 Å². The number of benzene rings is 2. The normalized spacial score (nSPS) is 22.0. The number of piperidine rings is 1. The number of hydrogen-bond donors (Lipinski definition) is 0. The van der Waals surface area contributed by atoms with Crippen LogP contribution < -0.4 is 0 Å². The van der Waals surface area contributed by atoms with Gasteiger partial charge >= 0.3 is 0 Å². The van der Waals surface area contributed by atoms with Crippen molar-refractivity contribution in [2.24, 2.45) is 11.8 Å². The topological polar surface area (TPSA) is 40.6 Å². The van der Waals surface area contributed by atoms with E-state index in [1.807, 2.05) is 50.2 Å². The predicted octanol–water partition coefficient (Wildman–Crippen LogP) is 5.21. The first-order valence-electron chi connectivity index (χ1n) is 10.9. The standard InChI is InChI=1S/C26H29ClN2O2/c1-16-11-17(2)14-28(13-16)24-23(20-10-9-18(3)19(4)12-20)25(30)29(26(24)31)15-21-7-5-6-8-22(21)27/h5-10,12,16-17H,11,13-15H2,1-4H3. The summed E-state index contributed by atoms with van der Waals surface area (Å²) in [5, 5.41) is 0.560. The second kappa shape index (κ2) is 8.51. The minimum absolute atomic E-state index is 0.175. The summed E-state index contributed by atoms with van der Waals surface area (Å²) in [6.45, 7) is 10.2. The molecule has 0 aromatic heterocycles. The first kappa shape index (κ1) is 21.6. The van der Waals surface area contributed by atoms with Gasteiger partial charge in [-0.25, -0.2) is 0 Å². The summed E-state index contributed by atoms with van der Waals surface area (Å²) in [4.78, 5) is 30.8. The third-order valence-corrected chi connectivity index (χ3v) is 6.78. The molecule has 0 bridgehead atoms. The van der Waals surface area contributed by atoms with Crippen molar-refractivity contribution in [2.75, 3.05) is 13.1 Å². The van der Waals surface area contributed by atoms with E-state index in [9.17, 15) is 9.59 Å². The number of carbonyl (C=O) groups excluding carboxylic acids is 2. The van der Waals surface area contributed by atoms with E-state index in [0.29, 0.717) is 28.1 Å². The van der Waals surface area contributed by atoms with Crippen molar-refractivity contribution in [1.82, 2.24) is 9.80 Å². The van der Waals surface area contributed by atoms with Crippen molar-refractivity contribution >= 4 is 29.0 Å². The first-order chi connectivity index (χ1) is 14.8. The summed E-state index contributed by atoms with van der Waals surface area (Å²) in [5.41, 5.74) is 4.90. The van der Waals surface area contributed by atoms with Crippen LogP contribution in [0.3, 0.4) is 0 Å². The Morgan fingerprint density at radius 2 is 1.61 bits per heavy atom. The molecule has 2 heterocycles. The monoisotopic (exact) mass is 436 g/mol. The Morgan fingerprint density at radius 1 is 0.935 bits per heavy atom. The second-order valence-electron chi connectivity index (χ2n) is 9.16. The van der Waals surface area contributed by atoms with Crippen LogP contribution in [0.15, 0.2) is 48.2 Å². The molecular formula is C26H29ClN2O2. The molecule has 0 saturated carbocycles. The predicted molar refractivity (Wildman–Crippen MR) is 124 cm³/mol. The van der Waals surface area contributed by atoms with Crippen molar-refractivity contribution in [3.63, 3.8) is 0 Å². The fourth-order valence-corrected chi connectivity index (χ4v) is 5.00. The maximum Gasteiger partial charge on any atom is 0.278 e. The molecule has 162 valence electrons. The molecule has 1 saturated heterocycles. The van der Waals surface area contributed by atoms with Gasteiger partial charge in [-0.05, 0) is 60.4 Å². The molecule has 2 aliphatic rings. The number of amides is 2. The van der Waals surface area contributed by atoms with Crippen LogP contribution in [0.4, 0.5) is 0 Å². The summed E-state index contributed by atoms with van der Waals surface area (Å²) < 4.78 is 0. The maximum atomic E-state index is 13.6. The highest BCUT2D eigenvalue weighted by Gasteiger charge is 2.43. The van der Waals surface area contributed by atoms with E-state index in [-0.39, 0.29) is 18.4 Å². The molecule has 0 N–H and O–H groups in total. The lowest BCUT2D eigenvalue weighted by atomic mass is 9.90. The number of aryl methyl sites for hydroxylation is 2. The van der Waals surface area contributed by atoms with E-state index in [4.69, 9.17) is 11.6 Å². The van der Waals surface area contributed by atoms with E-state index in [1.165, 1.54) is 4.90 Å². The van der Waals surface area contributed by atoms with Crippen LogP contribution in [0.1, 0.15) is 42.5 Å². The van der Waals surface area contributed by atoms with E-state index in [0.717, 1.165) is 41.8 Å². The Hall–Kier alpha value is -2.59. The average molecular weight is 437 g/mol. The molecule has 2 aliphatic heterocycles. The molecule has 0 aliphatic carbocycles. The highest BCUT2D eigenvalue weighted by Crippen LogP contribution is 2.36. The van der Waals surface area contributed by atoms with E-state index in [2.05, 4.69) is 18.7 Å². The van der Waals surface area contributed by atoms with Crippen LogP contribution in [0.25, 0.3) is 5.57 Å². The minimum Gasteiger partial charge on any atom is -0.366 e. The molecule has 2 aromatic carbocycles. The quantitative estimate of drug-likeness (QED) is 0.617. The SMILES string of the molecule is Cc1ccc(C2=C(N3CC(C)CC(C)C3)C(=O)N(Cc3ccccc3Cl)C2=O)cc1C. The van der Waals surface area contributed by atoms with Gasteiger partial charge in [0.2, 0.25) is 0 Å². The summed E-state index contributed by atoms with van der Waals surface area (Å²) >= 11 is 6.34. The molecule has 0 radical (unpaired) electrons. The number of imide groups is 1. The molecule has 4 rings (SSSR count). The lowest BCUT2D eigenvalue weighted by molar-refractivity contribution is -0.138. The van der Waals surface area contributed by atoms with Crippen molar-refractivity contribution in [3.05, 3.63) is 75.4 Å². The molecular weight excluding hydrogens is 408 g/mol. The number of rotatable bonds is 4. The molecule has 2 amide bonds. The zero-order valence-electron chi connectivity index (χ0n) is 18.6. The lowest BCUT2D eigenvalue weighted by Gasteiger charge is -2.37. The summed E-state index contributed by atoms with van der Waals surface area (Å²) in [6, 6.07) is 13.4. The first-order valence-corrected chi connectivity index (χ1v) is 11.3. The lowest BCUT2D eigenvalue weighted by Crippen LogP contribution is -2.41. The largest absolute Gasteiger partial charge is 0.366 e. The number of halogens is 1. The van der Waals surface area contributed by atoms with Gasteiger partial charge in [0.25, 0.3) is 11.8 Å². The van der Waals surface area contributed by atoms with Crippen LogP contribution in [0, 0.1) is 25.7 Å². The van der Waals surface area contributed by atoms with E-state index in [1.54, 1.807) is 6.07 Å². The smallest absolute Gasteiger partial charge is 0.278 e. The molecule has 1 fully saturated rings. The fourth-order valence-electron chi connectivity index (χ4n) is 4.80. The molecule has 31 heavy (non-hydrogen) atoms. The van der Waals surface area contributed by atoms with Gasteiger partial charge in [0.05, 0.1) is 12.1 Å². The minimum atomic E-state index is -0.242. The number of carbonyl (C=O) groups is 2. The molecule has 2 unspecified atom stereocenters. The van der Waals surface area contributed by atoms with Gasteiger partial charge in [0.15, 0.2) is 0 Å². The van der Waals surface area contributed by atoms with Crippen LogP contribution in [-0.2, 0) is 16.1 Å². The molecule has 5 heteroatoms. The Balaban J connectivity index is 1.79.